The van der Waals surface area contributed by atoms with Crippen LogP contribution in [0.25, 0.3) is 5.69 Å². The Kier molecular flexibility index (Phi) is 4.37. The van der Waals surface area contributed by atoms with Crippen molar-refractivity contribution in [1.29, 1.82) is 0 Å². The number of amides is 1. The number of nitrogens with one attached hydrogen (secondary N) is 1. The first-order valence-electron chi connectivity index (χ1n) is 6.50. The summed E-state index contributed by atoms with van der Waals surface area (Å²) in [5.41, 5.74) is 3.32. The van der Waals surface area contributed by atoms with Gasteiger partial charge in [0, 0.05) is 11.3 Å². The van der Waals surface area contributed by atoms with Crippen LogP contribution >= 0.6 is 0 Å². The van der Waals surface area contributed by atoms with Gasteiger partial charge < -0.3 is 10.1 Å². The van der Waals surface area contributed by atoms with Crippen molar-refractivity contribution in [3.8, 4) is 5.69 Å². The Morgan fingerprint density at radius 2 is 1.90 bits per heavy atom. The second kappa shape index (κ2) is 6.21. The quantitative estimate of drug-likeness (QED) is 0.862. The summed E-state index contributed by atoms with van der Waals surface area (Å²) in [5, 5.41) is 6.87. The summed E-state index contributed by atoms with van der Waals surface area (Å²) in [4.78, 5) is 22.8. The van der Waals surface area contributed by atoms with Crippen LogP contribution in [-0.4, -0.2) is 35.3 Å². The average Bonchev–Trinajstić information content (AvgIpc) is 2.83. The molecule has 21 heavy (non-hydrogen) atoms. The van der Waals surface area contributed by atoms with E-state index >= 15 is 0 Å². The van der Waals surface area contributed by atoms with Gasteiger partial charge in [-0.25, -0.2) is 4.68 Å². The highest BCUT2D eigenvalue weighted by atomic mass is 16.5. The van der Waals surface area contributed by atoms with Crippen molar-refractivity contribution in [1.82, 2.24) is 15.1 Å². The lowest BCUT2D eigenvalue weighted by molar-refractivity contribution is -0.139. The number of ether oxygens (including phenoxy) is 1. The van der Waals surface area contributed by atoms with E-state index in [-0.39, 0.29) is 12.5 Å². The highest BCUT2D eigenvalue weighted by Crippen LogP contribution is 2.13. The van der Waals surface area contributed by atoms with Gasteiger partial charge in [-0.1, -0.05) is 0 Å². The van der Waals surface area contributed by atoms with E-state index in [9.17, 15) is 9.59 Å². The van der Waals surface area contributed by atoms with Crippen molar-refractivity contribution < 1.29 is 14.3 Å². The summed E-state index contributed by atoms with van der Waals surface area (Å²) in [6.07, 6.45) is 0. The average molecular weight is 287 g/mol. The van der Waals surface area contributed by atoms with Crippen molar-refractivity contribution in [2.75, 3.05) is 13.7 Å². The zero-order valence-corrected chi connectivity index (χ0v) is 12.2. The number of hydrogen-bond acceptors (Lipinski definition) is 4. The van der Waals surface area contributed by atoms with Gasteiger partial charge >= 0.3 is 5.97 Å². The molecule has 0 radical (unpaired) electrons. The third-order valence-electron chi connectivity index (χ3n) is 3.00. The van der Waals surface area contributed by atoms with Gasteiger partial charge in [0.15, 0.2) is 0 Å². The Balaban J connectivity index is 2.10. The molecule has 0 bridgehead atoms. The molecule has 0 fully saturated rings. The molecule has 1 aromatic heterocycles. The van der Waals surface area contributed by atoms with Crippen LogP contribution in [0.5, 0.6) is 0 Å². The summed E-state index contributed by atoms with van der Waals surface area (Å²) in [6.45, 7) is 3.75. The number of nitrogens with zero attached hydrogens (tertiary/aromatic N) is 2. The predicted octanol–water partition coefficient (Wildman–Crippen LogP) is 1.39. The van der Waals surface area contributed by atoms with Gasteiger partial charge in [-0.05, 0) is 44.2 Å². The SMILES string of the molecule is COC(=O)CNC(=O)c1ccc(-n2nc(C)cc2C)cc1. The van der Waals surface area contributed by atoms with Crippen molar-refractivity contribution in [2.45, 2.75) is 13.8 Å². The Morgan fingerprint density at radius 3 is 2.43 bits per heavy atom. The van der Waals surface area contributed by atoms with Crippen molar-refractivity contribution in [2.24, 2.45) is 0 Å². The molecule has 0 spiro atoms. The monoisotopic (exact) mass is 287 g/mol. The van der Waals surface area contributed by atoms with E-state index in [4.69, 9.17) is 0 Å². The molecule has 0 saturated heterocycles. The van der Waals surface area contributed by atoms with Crippen LogP contribution in [0.4, 0.5) is 0 Å². The fourth-order valence-corrected chi connectivity index (χ4v) is 1.97. The van der Waals surface area contributed by atoms with E-state index in [1.807, 2.05) is 36.7 Å². The summed E-state index contributed by atoms with van der Waals surface area (Å²) < 4.78 is 6.27. The van der Waals surface area contributed by atoms with Gasteiger partial charge in [0.05, 0.1) is 18.5 Å². The van der Waals surface area contributed by atoms with E-state index < -0.39 is 5.97 Å². The van der Waals surface area contributed by atoms with Crippen LogP contribution in [0, 0.1) is 13.8 Å². The van der Waals surface area contributed by atoms with E-state index in [0.29, 0.717) is 5.56 Å². The minimum atomic E-state index is -0.484. The number of rotatable bonds is 4. The largest absolute Gasteiger partial charge is 0.468 e. The minimum Gasteiger partial charge on any atom is -0.468 e. The first-order chi connectivity index (χ1) is 10.0. The Hall–Kier alpha value is -2.63. The van der Waals surface area contributed by atoms with Crippen molar-refractivity contribution >= 4 is 11.9 Å². The van der Waals surface area contributed by atoms with Gasteiger partial charge in [0.2, 0.25) is 0 Å². The molecule has 6 heteroatoms. The maximum absolute atomic E-state index is 11.8. The highest BCUT2D eigenvalue weighted by molar-refractivity contribution is 5.96. The molecule has 0 atom stereocenters. The molecule has 2 rings (SSSR count). The second-order valence-corrected chi connectivity index (χ2v) is 4.64. The Bertz CT molecular complexity index is 659. The first-order valence-corrected chi connectivity index (χ1v) is 6.50. The molecule has 6 nitrogen and oxygen atoms in total. The van der Waals surface area contributed by atoms with Crippen LogP contribution in [-0.2, 0) is 9.53 Å². The minimum absolute atomic E-state index is 0.144. The number of methoxy groups -OCH3 is 1. The molecule has 0 saturated carbocycles. The molecule has 1 aromatic carbocycles. The summed E-state index contributed by atoms with van der Waals surface area (Å²) >= 11 is 0. The maximum atomic E-state index is 11.8. The number of aryl methyl sites for hydroxylation is 2. The van der Waals surface area contributed by atoms with Gasteiger partial charge in [-0.3, -0.25) is 9.59 Å². The van der Waals surface area contributed by atoms with Gasteiger partial charge in [0.25, 0.3) is 5.91 Å². The molecule has 0 unspecified atom stereocenters. The molecule has 0 aliphatic heterocycles. The number of hydrogen-bond donors (Lipinski definition) is 1. The summed E-state index contributed by atoms with van der Waals surface area (Å²) in [5.74, 6) is -0.803. The van der Waals surface area contributed by atoms with E-state index in [1.165, 1.54) is 7.11 Å². The third kappa shape index (κ3) is 3.47. The smallest absolute Gasteiger partial charge is 0.325 e. The number of esters is 1. The second-order valence-electron chi connectivity index (χ2n) is 4.64. The molecular formula is C15H17N3O3. The first kappa shape index (κ1) is 14.8. The van der Waals surface area contributed by atoms with Gasteiger partial charge in [0.1, 0.15) is 6.54 Å². The molecule has 1 N–H and O–H groups in total. The van der Waals surface area contributed by atoms with Crippen LogP contribution in [0.15, 0.2) is 30.3 Å². The third-order valence-corrected chi connectivity index (χ3v) is 3.00. The van der Waals surface area contributed by atoms with Gasteiger partial charge in [-0.15, -0.1) is 0 Å². The fourth-order valence-electron chi connectivity index (χ4n) is 1.97. The Morgan fingerprint density at radius 1 is 1.24 bits per heavy atom. The number of carbonyl (C=O) groups excluding carboxylic acids is 2. The molecule has 0 aliphatic rings. The standard InChI is InChI=1S/C15H17N3O3/c1-10-8-11(2)18(17-10)13-6-4-12(5-7-13)15(20)16-9-14(19)21-3/h4-8H,9H2,1-3H3,(H,16,20). The topological polar surface area (TPSA) is 73.2 Å². The lowest BCUT2D eigenvalue weighted by atomic mass is 10.2. The van der Waals surface area contributed by atoms with Gasteiger partial charge in [-0.2, -0.15) is 5.10 Å². The van der Waals surface area contributed by atoms with Crippen LogP contribution in [0.3, 0.4) is 0 Å². The number of aromatic nitrogens is 2. The molecule has 1 amide bonds. The fraction of sp³-hybridized carbons (Fsp3) is 0.267. The van der Waals surface area contributed by atoms with E-state index in [2.05, 4.69) is 15.2 Å². The number of carbonyl (C=O) groups is 2. The normalized spacial score (nSPS) is 10.2. The highest BCUT2D eigenvalue weighted by Gasteiger charge is 2.09. The Labute approximate surface area is 122 Å². The van der Waals surface area contributed by atoms with Crippen LogP contribution in [0.2, 0.25) is 0 Å². The van der Waals surface area contributed by atoms with Crippen LogP contribution in [0.1, 0.15) is 21.7 Å². The van der Waals surface area contributed by atoms with Crippen molar-refractivity contribution in [3.63, 3.8) is 0 Å². The molecule has 2 aromatic rings. The zero-order chi connectivity index (χ0) is 15.4. The molecular weight excluding hydrogens is 270 g/mol. The lowest BCUT2D eigenvalue weighted by Crippen LogP contribution is -2.30. The molecule has 110 valence electrons. The van der Waals surface area contributed by atoms with Crippen LogP contribution < -0.4 is 5.32 Å². The summed E-state index contributed by atoms with van der Waals surface area (Å²) in [7, 11) is 1.28. The number of benzene rings is 1. The zero-order valence-electron chi connectivity index (χ0n) is 12.2. The lowest BCUT2D eigenvalue weighted by Gasteiger charge is -2.07. The molecule has 1 heterocycles. The molecule has 0 aliphatic carbocycles. The maximum Gasteiger partial charge on any atom is 0.325 e. The van der Waals surface area contributed by atoms with Crippen molar-refractivity contribution in [3.05, 3.63) is 47.3 Å². The summed E-state index contributed by atoms with van der Waals surface area (Å²) in [6, 6.07) is 8.99. The van der Waals surface area contributed by atoms with E-state index in [1.54, 1.807) is 12.1 Å². The predicted molar refractivity (Wildman–Crippen MR) is 77.4 cm³/mol. The van der Waals surface area contributed by atoms with E-state index in [0.717, 1.165) is 17.1 Å².